The predicted octanol–water partition coefficient (Wildman–Crippen LogP) is 1.88. The summed E-state index contributed by atoms with van der Waals surface area (Å²) in [6.45, 7) is 1.65. The fourth-order valence-corrected chi connectivity index (χ4v) is 2.32. The van der Waals surface area contributed by atoms with Crippen LogP contribution in [0.1, 0.15) is 5.56 Å². The van der Waals surface area contributed by atoms with Crippen molar-refractivity contribution < 1.29 is 14.8 Å². The van der Waals surface area contributed by atoms with Gasteiger partial charge in [-0.15, -0.1) is 0 Å². The molecule has 0 radical (unpaired) electrons. The number of hydrogen-bond acceptors (Lipinski definition) is 6. The molecular weight excluding hydrogens is 296 g/mol. The van der Waals surface area contributed by atoms with Gasteiger partial charge >= 0.3 is 5.97 Å². The summed E-state index contributed by atoms with van der Waals surface area (Å²) in [4.78, 5) is 25.3. The van der Waals surface area contributed by atoms with Crippen LogP contribution < -0.4 is 0 Å². The quantitative estimate of drug-likeness (QED) is 0.510. The highest BCUT2D eigenvalue weighted by molar-refractivity contribution is 7.99. The van der Waals surface area contributed by atoms with E-state index in [1.54, 1.807) is 26.1 Å². The number of nitro benzene ring substituents is 1. The van der Waals surface area contributed by atoms with Gasteiger partial charge in [0.25, 0.3) is 5.69 Å². The molecule has 0 unspecified atom stereocenters. The first-order chi connectivity index (χ1) is 9.88. The van der Waals surface area contributed by atoms with E-state index in [4.69, 9.17) is 5.11 Å². The van der Waals surface area contributed by atoms with Gasteiger partial charge in [0.2, 0.25) is 0 Å². The summed E-state index contributed by atoms with van der Waals surface area (Å²) in [6, 6.07) is 4.74. The second kappa shape index (κ2) is 5.92. The topological polar surface area (TPSA) is 111 Å². The molecule has 1 aromatic carbocycles. The predicted molar refractivity (Wildman–Crippen MR) is 76.2 cm³/mol. The lowest BCUT2D eigenvalue weighted by Crippen LogP contribution is -2.00. The molecule has 110 valence electrons. The van der Waals surface area contributed by atoms with Gasteiger partial charge in [0.15, 0.2) is 11.0 Å². The highest BCUT2D eigenvalue weighted by Crippen LogP contribution is 2.26. The maximum absolute atomic E-state index is 10.9. The lowest BCUT2D eigenvalue weighted by atomic mass is 10.1. The molecule has 1 aromatic heterocycles. The zero-order chi connectivity index (χ0) is 15.6. The number of aliphatic carboxylic acids is 1. The largest absolute Gasteiger partial charge is 0.481 e. The van der Waals surface area contributed by atoms with Gasteiger partial charge in [-0.05, 0) is 6.92 Å². The van der Waals surface area contributed by atoms with Gasteiger partial charge in [-0.25, -0.2) is 9.67 Å². The Kier molecular flexibility index (Phi) is 4.22. The Hall–Kier alpha value is -2.42. The SMILES string of the molecule is Cc1ccc(-c2nc(SCC(=O)O)n(C)n2)cc1[N+](=O)[O-]. The third-order valence-electron chi connectivity index (χ3n) is 2.71. The maximum Gasteiger partial charge on any atom is 0.313 e. The van der Waals surface area contributed by atoms with Crippen LogP contribution in [0, 0.1) is 17.0 Å². The molecule has 0 aliphatic heterocycles. The van der Waals surface area contributed by atoms with Crippen molar-refractivity contribution in [2.24, 2.45) is 7.05 Å². The monoisotopic (exact) mass is 308 g/mol. The molecule has 0 saturated heterocycles. The number of carboxylic acids is 1. The smallest absolute Gasteiger partial charge is 0.313 e. The molecule has 2 rings (SSSR count). The average molecular weight is 308 g/mol. The minimum Gasteiger partial charge on any atom is -0.481 e. The molecule has 0 atom stereocenters. The Bertz CT molecular complexity index is 713. The lowest BCUT2D eigenvalue weighted by molar-refractivity contribution is -0.385. The molecule has 0 fully saturated rings. The highest BCUT2D eigenvalue weighted by atomic mass is 32.2. The molecule has 0 aliphatic carbocycles. The molecule has 9 heteroatoms. The molecule has 0 saturated carbocycles. The highest BCUT2D eigenvalue weighted by Gasteiger charge is 2.16. The minimum absolute atomic E-state index is 0.000285. The van der Waals surface area contributed by atoms with Crippen molar-refractivity contribution in [3.8, 4) is 11.4 Å². The number of thioether (sulfide) groups is 1. The Balaban J connectivity index is 2.34. The first-order valence-electron chi connectivity index (χ1n) is 5.89. The number of aromatic nitrogens is 3. The fraction of sp³-hybridized carbons (Fsp3) is 0.250. The van der Waals surface area contributed by atoms with E-state index in [0.717, 1.165) is 11.8 Å². The fourth-order valence-electron chi connectivity index (χ4n) is 1.69. The molecule has 21 heavy (non-hydrogen) atoms. The van der Waals surface area contributed by atoms with E-state index in [9.17, 15) is 14.9 Å². The zero-order valence-corrected chi connectivity index (χ0v) is 12.1. The first-order valence-corrected chi connectivity index (χ1v) is 6.88. The summed E-state index contributed by atoms with van der Waals surface area (Å²) in [5, 5.41) is 24.2. The molecule has 8 nitrogen and oxygen atoms in total. The second-order valence-electron chi connectivity index (χ2n) is 4.28. The zero-order valence-electron chi connectivity index (χ0n) is 11.3. The third kappa shape index (κ3) is 3.37. The number of nitrogens with zero attached hydrogens (tertiary/aromatic N) is 4. The number of carboxylic acid groups (broad SMARTS) is 1. The van der Waals surface area contributed by atoms with Gasteiger partial charge in [0.1, 0.15) is 0 Å². The molecule has 0 spiro atoms. The summed E-state index contributed by atoms with van der Waals surface area (Å²) in [5.41, 5.74) is 1.07. The lowest BCUT2D eigenvalue weighted by Gasteiger charge is -1.99. The number of aryl methyl sites for hydroxylation is 2. The van der Waals surface area contributed by atoms with Crippen LogP contribution in [-0.2, 0) is 11.8 Å². The summed E-state index contributed by atoms with van der Waals surface area (Å²) < 4.78 is 1.45. The number of carbonyl (C=O) groups is 1. The summed E-state index contributed by atoms with van der Waals surface area (Å²) in [6.07, 6.45) is 0. The third-order valence-corrected chi connectivity index (χ3v) is 3.72. The van der Waals surface area contributed by atoms with Crippen LogP contribution in [0.5, 0.6) is 0 Å². The van der Waals surface area contributed by atoms with E-state index in [1.807, 2.05) is 0 Å². The number of rotatable bonds is 5. The molecule has 0 aliphatic rings. The maximum atomic E-state index is 10.9. The molecule has 2 aromatic rings. The van der Waals surface area contributed by atoms with Crippen molar-refractivity contribution >= 4 is 23.4 Å². The van der Waals surface area contributed by atoms with E-state index in [2.05, 4.69) is 10.1 Å². The van der Waals surface area contributed by atoms with Crippen LogP contribution in [-0.4, -0.2) is 36.5 Å². The van der Waals surface area contributed by atoms with Crippen molar-refractivity contribution in [2.45, 2.75) is 12.1 Å². The van der Waals surface area contributed by atoms with Crippen molar-refractivity contribution in [1.29, 1.82) is 0 Å². The normalized spacial score (nSPS) is 10.6. The van der Waals surface area contributed by atoms with Crippen LogP contribution in [0.3, 0.4) is 0 Å². The van der Waals surface area contributed by atoms with Gasteiger partial charge in [-0.3, -0.25) is 14.9 Å². The van der Waals surface area contributed by atoms with Crippen LogP contribution in [0.25, 0.3) is 11.4 Å². The van der Waals surface area contributed by atoms with Gasteiger partial charge in [-0.1, -0.05) is 23.9 Å². The van der Waals surface area contributed by atoms with E-state index in [1.165, 1.54) is 10.7 Å². The minimum atomic E-state index is -0.949. The van der Waals surface area contributed by atoms with Crippen LogP contribution >= 0.6 is 11.8 Å². The van der Waals surface area contributed by atoms with Crippen molar-refractivity contribution in [3.63, 3.8) is 0 Å². The average Bonchev–Trinajstić information content (AvgIpc) is 2.78. The molecule has 1 heterocycles. The van der Waals surface area contributed by atoms with Gasteiger partial charge in [0.05, 0.1) is 10.7 Å². The molecular formula is C12H12N4O4S. The van der Waals surface area contributed by atoms with Crippen LogP contribution in [0.15, 0.2) is 23.4 Å². The van der Waals surface area contributed by atoms with E-state index in [0.29, 0.717) is 22.1 Å². The Morgan fingerprint density at radius 2 is 2.24 bits per heavy atom. The second-order valence-corrected chi connectivity index (χ2v) is 5.22. The summed E-state index contributed by atoms with van der Waals surface area (Å²) in [5.74, 6) is -0.746. The Morgan fingerprint density at radius 1 is 1.52 bits per heavy atom. The van der Waals surface area contributed by atoms with Gasteiger partial charge < -0.3 is 5.11 Å². The number of hydrogen-bond donors (Lipinski definition) is 1. The molecule has 1 N–H and O–H groups in total. The van der Waals surface area contributed by atoms with E-state index >= 15 is 0 Å². The van der Waals surface area contributed by atoms with Crippen LogP contribution in [0.2, 0.25) is 0 Å². The Labute approximate surface area is 124 Å². The Morgan fingerprint density at radius 3 is 2.86 bits per heavy atom. The standard InChI is InChI=1S/C12H12N4O4S/c1-7-3-4-8(5-9(7)16(19)20)11-13-12(15(2)14-11)21-6-10(17)18/h3-5H,6H2,1-2H3,(H,17,18). The van der Waals surface area contributed by atoms with E-state index in [-0.39, 0.29) is 11.4 Å². The number of nitro groups is 1. The van der Waals surface area contributed by atoms with Crippen molar-refractivity contribution in [3.05, 3.63) is 33.9 Å². The molecule has 0 bridgehead atoms. The van der Waals surface area contributed by atoms with Crippen LogP contribution in [0.4, 0.5) is 5.69 Å². The first kappa shape index (κ1) is 15.0. The van der Waals surface area contributed by atoms with Gasteiger partial charge in [0, 0.05) is 24.2 Å². The summed E-state index contributed by atoms with van der Waals surface area (Å²) >= 11 is 1.04. The van der Waals surface area contributed by atoms with E-state index < -0.39 is 10.9 Å². The van der Waals surface area contributed by atoms with Crippen molar-refractivity contribution in [2.75, 3.05) is 5.75 Å². The van der Waals surface area contributed by atoms with Crippen molar-refractivity contribution in [1.82, 2.24) is 14.8 Å². The van der Waals surface area contributed by atoms with Gasteiger partial charge in [-0.2, -0.15) is 5.10 Å². The number of benzene rings is 1. The summed E-state index contributed by atoms with van der Waals surface area (Å²) in [7, 11) is 1.64. The molecule has 0 amide bonds.